The van der Waals surface area contributed by atoms with E-state index in [4.69, 9.17) is 23.5 Å². The van der Waals surface area contributed by atoms with Gasteiger partial charge in [-0.3, -0.25) is 4.79 Å². The maximum atomic E-state index is 11.6. The molecule has 0 aliphatic heterocycles. The van der Waals surface area contributed by atoms with Crippen molar-refractivity contribution < 1.29 is 33.4 Å². The number of aliphatic hydroxyl groups is 1. The van der Waals surface area contributed by atoms with Gasteiger partial charge in [0, 0.05) is 26.2 Å². The second-order valence-corrected chi connectivity index (χ2v) is 7.61. The lowest BCUT2D eigenvalue weighted by atomic mass is 9.93. The molecule has 8 nitrogen and oxygen atoms in total. The second-order valence-electron chi connectivity index (χ2n) is 7.61. The molecule has 0 fully saturated rings. The Balaban J connectivity index is 2.24. The summed E-state index contributed by atoms with van der Waals surface area (Å²) in [7, 11) is 1.44. The Bertz CT molecular complexity index is 550. The van der Waals surface area contributed by atoms with E-state index in [1.54, 1.807) is 6.07 Å². The summed E-state index contributed by atoms with van der Waals surface area (Å²) < 4.78 is 26.4. The quantitative estimate of drug-likeness (QED) is 0.332. The van der Waals surface area contributed by atoms with Gasteiger partial charge >= 0.3 is 5.97 Å². The molecule has 0 spiro atoms. The normalized spacial score (nSPS) is 14.2. The van der Waals surface area contributed by atoms with E-state index in [0.717, 1.165) is 0 Å². The Morgan fingerprint density at radius 2 is 1.96 bits per heavy atom. The summed E-state index contributed by atoms with van der Waals surface area (Å²) in [4.78, 5) is 11.6. The second kappa shape index (κ2) is 11.3. The summed E-state index contributed by atoms with van der Waals surface area (Å²) in [5.41, 5.74) is -0.462. The van der Waals surface area contributed by atoms with Gasteiger partial charge in [-0.2, -0.15) is 0 Å². The van der Waals surface area contributed by atoms with Crippen molar-refractivity contribution in [2.75, 3.05) is 26.9 Å². The van der Waals surface area contributed by atoms with Crippen LogP contribution in [0.5, 0.6) is 5.88 Å². The van der Waals surface area contributed by atoms with Crippen molar-refractivity contribution in [3.63, 3.8) is 0 Å². The number of hydrogen-bond acceptors (Lipinski definition) is 8. The van der Waals surface area contributed by atoms with Crippen molar-refractivity contribution in [3.05, 3.63) is 11.8 Å². The highest BCUT2D eigenvalue weighted by molar-refractivity contribution is 5.69. The Kier molecular flexibility index (Phi) is 9.76. The van der Waals surface area contributed by atoms with E-state index < -0.39 is 11.9 Å². The number of ether oxygens (including phenoxy) is 4. The lowest BCUT2D eigenvalue weighted by molar-refractivity contribution is -0.155. The summed E-state index contributed by atoms with van der Waals surface area (Å²) in [5, 5.41) is 13.8. The Hall–Kier alpha value is -1.64. The van der Waals surface area contributed by atoms with Crippen LogP contribution in [0.2, 0.25) is 0 Å². The zero-order chi connectivity index (χ0) is 20.4. The Morgan fingerprint density at radius 1 is 1.26 bits per heavy atom. The number of hydrogen-bond donors (Lipinski definition) is 1. The van der Waals surface area contributed by atoms with E-state index >= 15 is 0 Å². The van der Waals surface area contributed by atoms with Crippen molar-refractivity contribution >= 4 is 5.97 Å². The first-order valence-electron chi connectivity index (χ1n) is 9.24. The zero-order valence-electron chi connectivity index (χ0n) is 17.2. The van der Waals surface area contributed by atoms with Crippen LogP contribution >= 0.6 is 0 Å². The third-order valence-corrected chi connectivity index (χ3v) is 3.67. The van der Waals surface area contributed by atoms with Gasteiger partial charge in [-0.15, -0.1) is 0 Å². The molecular weight excluding hydrogens is 354 g/mol. The number of nitrogens with zero attached hydrogens (tertiary/aromatic N) is 1. The van der Waals surface area contributed by atoms with Crippen LogP contribution in [0.25, 0.3) is 0 Å². The van der Waals surface area contributed by atoms with Crippen molar-refractivity contribution in [2.24, 2.45) is 5.92 Å². The molecule has 0 bridgehead atoms. The van der Waals surface area contributed by atoms with Gasteiger partial charge in [0.1, 0.15) is 18.0 Å². The summed E-state index contributed by atoms with van der Waals surface area (Å²) in [6, 6.07) is 1.65. The highest BCUT2D eigenvalue weighted by Gasteiger charge is 2.28. The van der Waals surface area contributed by atoms with Crippen molar-refractivity contribution in [1.82, 2.24) is 5.16 Å². The number of aliphatic hydroxyl groups excluding tert-OH is 1. The van der Waals surface area contributed by atoms with Crippen molar-refractivity contribution in [2.45, 2.75) is 65.3 Å². The monoisotopic (exact) mass is 387 g/mol. The van der Waals surface area contributed by atoms with E-state index in [1.165, 1.54) is 7.11 Å². The van der Waals surface area contributed by atoms with Crippen LogP contribution in [0.15, 0.2) is 10.6 Å². The fourth-order valence-electron chi connectivity index (χ4n) is 2.46. The van der Waals surface area contributed by atoms with Crippen LogP contribution in [0, 0.1) is 5.92 Å². The van der Waals surface area contributed by atoms with Gasteiger partial charge in [0.05, 0.1) is 12.5 Å². The van der Waals surface area contributed by atoms with Crippen LogP contribution < -0.4 is 4.74 Å². The topological polar surface area (TPSA) is 100 Å². The average molecular weight is 387 g/mol. The van der Waals surface area contributed by atoms with Crippen LogP contribution in [0.1, 0.15) is 59.1 Å². The minimum absolute atomic E-state index is 0.106. The van der Waals surface area contributed by atoms with E-state index in [2.05, 4.69) is 5.16 Å². The molecule has 0 saturated carbocycles. The fourth-order valence-corrected chi connectivity index (χ4v) is 2.46. The molecule has 1 N–H and O–H groups in total. The maximum absolute atomic E-state index is 11.6. The smallest absolute Gasteiger partial charge is 0.306 e. The standard InChI is InChI=1S/C19H33NO7/c1-13(2)17(18(22)23-6)14-12-15(20-27-14)25-11-10-24-9-7-8-16(21)26-19(3,4)5/h12-13,17-18,22H,7-11H2,1-6H3. The van der Waals surface area contributed by atoms with E-state index in [0.29, 0.717) is 44.3 Å². The lowest BCUT2D eigenvalue weighted by Gasteiger charge is -2.22. The molecule has 8 heteroatoms. The molecule has 1 aromatic heterocycles. The SMILES string of the molecule is COC(O)C(c1cc(OCCOCCCC(=O)OC(C)(C)C)no1)C(C)C. The third-order valence-electron chi connectivity index (χ3n) is 3.67. The van der Waals surface area contributed by atoms with Gasteiger partial charge < -0.3 is 28.6 Å². The van der Waals surface area contributed by atoms with Gasteiger partial charge in [-0.25, -0.2) is 0 Å². The molecule has 0 radical (unpaired) electrons. The van der Waals surface area contributed by atoms with Crippen molar-refractivity contribution in [3.8, 4) is 5.88 Å². The predicted molar refractivity (Wildman–Crippen MR) is 98.5 cm³/mol. The largest absolute Gasteiger partial charge is 0.473 e. The number of aromatic nitrogens is 1. The maximum Gasteiger partial charge on any atom is 0.306 e. The lowest BCUT2D eigenvalue weighted by Crippen LogP contribution is -2.24. The highest BCUT2D eigenvalue weighted by atomic mass is 16.6. The van der Waals surface area contributed by atoms with Gasteiger partial charge in [0.15, 0.2) is 6.29 Å². The van der Waals surface area contributed by atoms with Crippen LogP contribution in [-0.4, -0.2) is 55.1 Å². The number of methoxy groups -OCH3 is 1. The fraction of sp³-hybridized carbons (Fsp3) is 0.789. The molecule has 2 unspecified atom stereocenters. The van der Waals surface area contributed by atoms with E-state index in [9.17, 15) is 9.90 Å². The number of carbonyl (C=O) groups is 1. The molecule has 1 heterocycles. The minimum atomic E-state index is -0.973. The molecule has 2 atom stereocenters. The molecule has 0 aliphatic carbocycles. The molecule has 156 valence electrons. The van der Waals surface area contributed by atoms with Gasteiger partial charge in [-0.05, 0) is 38.3 Å². The summed E-state index contributed by atoms with van der Waals surface area (Å²) in [6.07, 6.45) is -0.0592. The van der Waals surface area contributed by atoms with E-state index in [-0.39, 0.29) is 17.8 Å². The average Bonchev–Trinajstić information content (AvgIpc) is 3.00. The predicted octanol–water partition coefficient (Wildman–Crippen LogP) is 2.90. The molecule has 27 heavy (non-hydrogen) atoms. The third kappa shape index (κ3) is 9.21. The first-order chi connectivity index (χ1) is 12.6. The minimum Gasteiger partial charge on any atom is -0.473 e. The van der Waals surface area contributed by atoms with E-state index in [1.807, 2.05) is 34.6 Å². The summed E-state index contributed by atoms with van der Waals surface area (Å²) in [5.74, 6) is 0.386. The Labute approximate surface area is 161 Å². The summed E-state index contributed by atoms with van der Waals surface area (Å²) >= 11 is 0. The molecule has 0 amide bonds. The first-order valence-corrected chi connectivity index (χ1v) is 9.24. The van der Waals surface area contributed by atoms with Gasteiger partial charge in [0.25, 0.3) is 5.88 Å². The number of rotatable bonds is 12. The molecular formula is C19H33NO7. The molecule has 1 rings (SSSR count). The van der Waals surface area contributed by atoms with Gasteiger partial charge in [-0.1, -0.05) is 13.8 Å². The Morgan fingerprint density at radius 3 is 2.56 bits per heavy atom. The van der Waals surface area contributed by atoms with Crippen LogP contribution in [0.3, 0.4) is 0 Å². The summed E-state index contributed by atoms with van der Waals surface area (Å²) in [6.45, 7) is 10.6. The van der Waals surface area contributed by atoms with Gasteiger partial charge in [0.2, 0.25) is 0 Å². The molecule has 1 aromatic rings. The van der Waals surface area contributed by atoms with Crippen LogP contribution in [-0.2, 0) is 19.0 Å². The zero-order valence-corrected chi connectivity index (χ0v) is 17.2. The van der Waals surface area contributed by atoms with Crippen LogP contribution in [0.4, 0.5) is 0 Å². The first kappa shape index (κ1) is 23.4. The highest BCUT2D eigenvalue weighted by Crippen LogP contribution is 2.30. The number of esters is 1. The number of carbonyl (C=O) groups excluding carboxylic acids is 1. The van der Waals surface area contributed by atoms with Crippen molar-refractivity contribution in [1.29, 1.82) is 0 Å². The molecule has 0 saturated heterocycles. The molecule has 0 aliphatic rings. The molecule has 0 aromatic carbocycles.